The minimum absolute atomic E-state index is 0.00460. The quantitative estimate of drug-likeness (QED) is 0.637. The van der Waals surface area contributed by atoms with Crippen LogP contribution in [-0.2, 0) is 21.3 Å². The van der Waals surface area contributed by atoms with Crippen molar-refractivity contribution in [2.75, 3.05) is 7.11 Å². The topological polar surface area (TPSA) is 90.3 Å². The summed E-state index contributed by atoms with van der Waals surface area (Å²) >= 11 is 6.00. The number of carbonyl (C=O) groups excluding carboxylic acids is 1. The number of nitrogens with one attached hydrogen (secondary N) is 1. The number of halogens is 1. The van der Waals surface area contributed by atoms with Crippen molar-refractivity contribution in [3.8, 4) is 5.69 Å². The summed E-state index contributed by atoms with van der Waals surface area (Å²) in [4.78, 5) is 11.4. The summed E-state index contributed by atoms with van der Waals surface area (Å²) in [5.41, 5.74) is 1.48. The number of ether oxygens (including phenoxy) is 1. The van der Waals surface area contributed by atoms with Crippen LogP contribution in [0.5, 0.6) is 0 Å². The van der Waals surface area contributed by atoms with E-state index < -0.39 is 16.0 Å². The third-order valence-corrected chi connectivity index (χ3v) is 5.63. The van der Waals surface area contributed by atoms with Gasteiger partial charge in [0.05, 0.1) is 35.6 Å². The molecule has 0 aliphatic heterocycles. The second-order valence-electron chi connectivity index (χ2n) is 5.55. The van der Waals surface area contributed by atoms with Crippen molar-refractivity contribution in [2.45, 2.75) is 11.4 Å². The standard InChI is InChI=1S/C18H16ClN3O4S/c1-26-18(23)13-7-8-16(19)17(11-13)27(24,25)20-12-14-9-10-22(21-14)15-5-3-2-4-6-15/h2-11,20H,12H2,1H3. The first-order valence-corrected chi connectivity index (χ1v) is 9.74. The highest BCUT2D eigenvalue weighted by Gasteiger charge is 2.20. The van der Waals surface area contributed by atoms with Gasteiger partial charge in [-0.1, -0.05) is 29.8 Å². The molecule has 0 aliphatic rings. The summed E-state index contributed by atoms with van der Waals surface area (Å²) in [6.07, 6.45) is 1.74. The predicted molar refractivity (Wildman–Crippen MR) is 100 cm³/mol. The number of para-hydroxylation sites is 1. The number of hydrogen-bond donors (Lipinski definition) is 1. The lowest BCUT2D eigenvalue weighted by atomic mass is 10.2. The Morgan fingerprint density at radius 2 is 1.93 bits per heavy atom. The minimum atomic E-state index is -3.95. The molecule has 0 spiro atoms. The highest BCUT2D eigenvalue weighted by molar-refractivity contribution is 7.89. The van der Waals surface area contributed by atoms with E-state index in [1.165, 1.54) is 25.3 Å². The zero-order valence-electron chi connectivity index (χ0n) is 14.3. The van der Waals surface area contributed by atoms with Gasteiger partial charge in [0.15, 0.2) is 0 Å². The second kappa shape index (κ2) is 7.91. The molecular weight excluding hydrogens is 390 g/mol. The molecule has 0 fully saturated rings. The molecule has 140 valence electrons. The lowest BCUT2D eigenvalue weighted by Crippen LogP contribution is -2.24. The number of benzene rings is 2. The molecule has 3 aromatic rings. The lowest BCUT2D eigenvalue weighted by Gasteiger charge is -2.09. The van der Waals surface area contributed by atoms with Gasteiger partial charge in [0.2, 0.25) is 10.0 Å². The Balaban J connectivity index is 1.78. The number of nitrogens with zero attached hydrogens (tertiary/aromatic N) is 2. The molecule has 0 radical (unpaired) electrons. The van der Waals surface area contributed by atoms with Crippen LogP contribution in [0.1, 0.15) is 16.1 Å². The molecule has 0 bridgehead atoms. The van der Waals surface area contributed by atoms with E-state index in [4.69, 9.17) is 11.6 Å². The Morgan fingerprint density at radius 3 is 2.63 bits per heavy atom. The number of rotatable bonds is 6. The fourth-order valence-electron chi connectivity index (χ4n) is 2.38. The van der Waals surface area contributed by atoms with Gasteiger partial charge in [-0.15, -0.1) is 0 Å². The number of carbonyl (C=O) groups is 1. The summed E-state index contributed by atoms with van der Waals surface area (Å²) in [5, 5.41) is 4.35. The van der Waals surface area contributed by atoms with Gasteiger partial charge in [0, 0.05) is 6.20 Å². The average Bonchev–Trinajstić information content (AvgIpc) is 3.16. The molecule has 7 nitrogen and oxygen atoms in total. The van der Waals surface area contributed by atoms with E-state index in [9.17, 15) is 13.2 Å². The molecule has 0 saturated carbocycles. The van der Waals surface area contributed by atoms with Gasteiger partial charge in [-0.25, -0.2) is 22.6 Å². The molecule has 2 aromatic carbocycles. The van der Waals surface area contributed by atoms with Gasteiger partial charge in [-0.05, 0) is 36.4 Å². The van der Waals surface area contributed by atoms with Crippen molar-refractivity contribution >= 4 is 27.6 Å². The average molecular weight is 406 g/mol. The van der Waals surface area contributed by atoms with Gasteiger partial charge in [-0.3, -0.25) is 0 Å². The van der Waals surface area contributed by atoms with Crippen LogP contribution in [0.2, 0.25) is 5.02 Å². The molecule has 1 N–H and O–H groups in total. The third kappa shape index (κ3) is 4.36. The van der Waals surface area contributed by atoms with Crippen molar-refractivity contribution in [3.05, 3.63) is 77.1 Å². The zero-order valence-corrected chi connectivity index (χ0v) is 15.9. The predicted octanol–water partition coefficient (Wildman–Crippen LogP) is 2.79. The molecule has 0 atom stereocenters. The fourth-order valence-corrected chi connectivity index (χ4v) is 3.90. The molecule has 1 heterocycles. The smallest absolute Gasteiger partial charge is 0.337 e. The van der Waals surface area contributed by atoms with Gasteiger partial charge < -0.3 is 4.74 Å². The largest absolute Gasteiger partial charge is 0.465 e. The Morgan fingerprint density at radius 1 is 1.19 bits per heavy atom. The van der Waals surface area contributed by atoms with E-state index in [1.807, 2.05) is 30.3 Å². The minimum Gasteiger partial charge on any atom is -0.465 e. The molecule has 9 heteroatoms. The lowest BCUT2D eigenvalue weighted by molar-refractivity contribution is 0.0600. The van der Waals surface area contributed by atoms with Crippen LogP contribution in [0.25, 0.3) is 5.69 Å². The maximum Gasteiger partial charge on any atom is 0.337 e. The number of sulfonamides is 1. The summed E-state index contributed by atoms with van der Waals surface area (Å²) in [6.45, 7) is -0.0268. The first kappa shape index (κ1) is 19.1. The van der Waals surface area contributed by atoms with Gasteiger partial charge in [0.25, 0.3) is 0 Å². The number of hydrogen-bond acceptors (Lipinski definition) is 5. The molecule has 0 aliphatic carbocycles. The van der Waals surface area contributed by atoms with Crippen LogP contribution >= 0.6 is 11.6 Å². The first-order valence-electron chi connectivity index (χ1n) is 7.88. The monoisotopic (exact) mass is 405 g/mol. The molecule has 0 amide bonds. The van der Waals surface area contributed by atoms with E-state index >= 15 is 0 Å². The maximum atomic E-state index is 12.6. The van der Waals surface area contributed by atoms with Gasteiger partial charge in [-0.2, -0.15) is 5.10 Å². The van der Waals surface area contributed by atoms with Crippen molar-refractivity contribution in [1.29, 1.82) is 0 Å². The normalized spacial score (nSPS) is 11.3. The highest BCUT2D eigenvalue weighted by Crippen LogP contribution is 2.23. The van der Waals surface area contributed by atoms with Gasteiger partial charge in [0.1, 0.15) is 4.90 Å². The maximum absolute atomic E-state index is 12.6. The summed E-state index contributed by atoms with van der Waals surface area (Å²) in [5.74, 6) is -0.648. The molecule has 0 saturated heterocycles. The molecular formula is C18H16ClN3O4S. The highest BCUT2D eigenvalue weighted by atomic mass is 35.5. The van der Waals surface area contributed by atoms with Crippen LogP contribution in [0.3, 0.4) is 0 Å². The van der Waals surface area contributed by atoms with Crippen molar-refractivity contribution in [2.24, 2.45) is 0 Å². The SMILES string of the molecule is COC(=O)c1ccc(Cl)c(S(=O)(=O)NCc2ccn(-c3ccccc3)n2)c1. The van der Waals surface area contributed by atoms with Gasteiger partial charge >= 0.3 is 5.97 Å². The van der Waals surface area contributed by atoms with E-state index in [1.54, 1.807) is 16.9 Å². The number of esters is 1. The summed E-state index contributed by atoms with van der Waals surface area (Å²) in [7, 11) is -2.73. The van der Waals surface area contributed by atoms with E-state index in [0.717, 1.165) is 5.69 Å². The number of aromatic nitrogens is 2. The third-order valence-electron chi connectivity index (χ3n) is 3.75. The Bertz CT molecular complexity index is 1070. The zero-order chi connectivity index (χ0) is 19.4. The molecule has 1 aromatic heterocycles. The van der Waals surface area contributed by atoms with Crippen molar-refractivity contribution < 1.29 is 17.9 Å². The van der Waals surface area contributed by atoms with Crippen LogP contribution < -0.4 is 4.72 Å². The summed E-state index contributed by atoms with van der Waals surface area (Å²) in [6, 6.07) is 15.1. The van der Waals surface area contributed by atoms with Crippen LogP contribution in [0, 0.1) is 0 Å². The first-order chi connectivity index (χ1) is 12.9. The van der Waals surface area contributed by atoms with E-state index in [-0.39, 0.29) is 22.0 Å². The van der Waals surface area contributed by atoms with Crippen molar-refractivity contribution in [3.63, 3.8) is 0 Å². The van der Waals surface area contributed by atoms with Crippen molar-refractivity contribution in [1.82, 2.24) is 14.5 Å². The Hall–Kier alpha value is -2.68. The molecule has 3 rings (SSSR count). The van der Waals surface area contributed by atoms with Crippen LogP contribution in [0.15, 0.2) is 65.7 Å². The fraction of sp³-hybridized carbons (Fsp3) is 0.111. The molecule has 0 unspecified atom stereocenters. The number of methoxy groups -OCH3 is 1. The van der Waals surface area contributed by atoms with Crippen LogP contribution in [-0.4, -0.2) is 31.3 Å². The second-order valence-corrected chi connectivity index (χ2v) is 7.69. The van der Waals surface area contributed by atoms with E-state index in [0.29, 0.717) is 5.69 Å². The van der Waals surface area contributed by atoms with E-state index in [2.05, 4.69) is 14.6 Å². The Kier molecular flexibility index (Phi) is 5.59. The molecule has 27 heavy (non-hydrogen) atoms. The van der Waals surface area contributed by atoms with Crippen LogP contribution in [0.4, 0.5) is 0 Å². The summed E-state index contributed by atoms with van der Waals surface area (Å²) < 4.78 is 33.9. The Labute approximate surface area is 161 Å².